The molecular weight excluding hydrogens is 412 g/mol. The van der Waals surface area contributed by atoms with Gasteiger partial charge in [-0.05, 0) is 97.1 Å². The van der Waals surface area contributed by atoms with Gasteiger partial charge in [0.05, 0.1) is 21.3 Å². The van der Waals surface area contributed by atoms with Crippen molar-refractivity contribution in [1.29, 1.82) is 0 Å². The minimum atomic E-state index is 0.824. The third kappa shape index (κ3) is 4.88. The van der Waals surface area contributed by atoms with E-state index >= 15 is 0 Å². The predicted octanol–water partition coefficient (Wildman–Crippen LogP) is 6.95. The van der Waals surface area contributed by atoms with Crippen LogP contribution >= 0.6 is 0 Å². The third-order valence-electron chi connectivity index (χ3n) is 5.62. The Morgan fingerprint density at radius 1 is 0.394 bits per heavy atom. The molecule has 0 unspecified atom stereocenters. The molecule has 0 radical (unpaired) electrons. The number of rotatable bonds is 8. The lowest BCUT2D eigenvalue weighted by Crippen LogP contribution is -2.12. The van der Waals surface area contributed by atoms with Gasteiger partial charge >= 0.3 is 0 Å². The number of benzene rings is 4. The topological polar surface area (TPSA) is 34.2 Å². The first-order chi connectivity index (χ1) is 16.1. The normalized spacial score (nSPS) is 10.4. The molecule has 4 aromatic rings. The second-order valence-electron chi connectivity index (χ2n) is 7.50. The second kappa shape index (κ2) is 10.0. The molecule has 4 aromatic carbocycles. The maximum Gasteiger partial charge on any atom is 0.119 e. The molecule has 4 rings (SSSR count). The number of ether oxygens (including phenoxy) is 3. The summed E-state index contributed by atoms with van der Waals surface area (Å²) in [4.78, 5) is 4.35. The van der Waals surface area contributed by atoms with Crippen LogP contribution in [0.25, 0.3) is 0 Å². The van der Waals surface area contributed by atoms with E-state index in [2.05, 4.69) is 65.4 Å². The molecule has 0 aliphatic rings. The summed E-state index contributed by atoms with van der Waals surface area (Å²) in [5, 5.41) is 0. The zero-order valence-corrected chi connectivity index (χ0v) is 19.4. The molecule has 168 valence electrons. The molecule has 5 nitrogen and oxygen atoms in total. The second-order valence-corrected chi connectivity index (χ2v) is 7.50. The third-order valence-corrected chi connectivity index (χ3v) is 5.62. The van der Waals surface area contributed by atoms with Crippen LogP contribution in [0.15, 0.2) is 97.1 Å². The van der Waals surface area contributed by atoms with E-state index in [1.807, 2.05) is 48.5 Å². The van der Waals surface area contributed by atoms with Gasteiger partial charge in [0.1, 0.15) is 17.2 Å². The first kappa shape index (κ1) is 22.1. The fourth-order valence-electron chi connectivity index (χ4n) is 3.69. The maximum absolute atomic E-state index is 5.34. The Morgan fingerprint density at radius 2 is 0.636 bits per heavy atom. The Bertz CT molecular complexity index is 1110. The lowest BCUT2D eigenvalue weighted by Gasteiger charge is -2.27. The molecule has 0 aliphatic heterocycles. The molecule has 0 aromatic heterocycles. The predicted molar refractivity (Wildman–Crippen MR) is 135 cm³/mol. The van der Waals surface area contributed by atoms with Crippen molar-refractivity contribution < 1.29 is 14.2 Å². The molecule has 0 saturated heterocycles. The SMILES string of the molecule is COc1ccc(N(C)c2ccc(N(c3ccc(OC)cc3)c3ccc(OC)cc3)cc2)cc1. The van der Waals surface area contributed by atoms with Crippen LogP contribution in [0.2, 0.25) is 0 Å². The minimum Gasteiger partial charge on any atom is -0.497 e. The van der Waals surface area contributed by atoms with E-state index in [-0.39, 0.29) is 0 Å². The van der Waals surface area contributed by atoms with Gasteiger partial charge in [-0.25, -0.2) is 0 Å². The molecule has 0 heterocycles. The van der Waals surface area contributed by atoms with Gasteiger partial charge < -0.3 is 24.0 Å². The smallest absolute Gasteiger partial charge is 0.119 e. The van der Waals surface area contributed by atoms with Crippen LogP contribution in [0.3, 0.4) is 0 Å². The minimum absolute atomic E-state index is 0.824. The molecule has 0 fully saturated rings. The number of hydrogen-bond donors (Lipinski definition) is 0. The number of methoxy groups -OCH3 is 3. The fourth-order valence-corrected chi connectivity index (χ4v) is 3.69. The van der Waals surface area contributed by atoms with Crippen LogP contribution < -0.4 is 24.0 Å². The van der Waals surface area contributed by atoms with Gasteiger partial charge in [0.25, 0.3) is 0 Å². The summed E-state index contributed by atoms with van der Waals surface area (Å²) in [7, 11) is 7.08. The maximum atomic E-state index is 5.34. The molecule has 0 atom stereocenters. The first-order valence-corrected chi connectivity index (χ1v) is 10.7. The van der Waals surface area contributed by atoms with Crippen LogP contribution in [0.1, 0.15) is 0 Å². The van der Waals surface area contributed by atoms with Crippen molar-refractivity contribution in [2.24, 2.45) is 0 Å². The molecule has 0 bridgehead atoms. The van der Waals surface area contributed by atoms with Gasteiger partial charge in [0.15, 0.2) is 0 Å². The zero-order valence-electron chi connectivity index (χ0n) is 19.4. The van der Waals surface area contributed by atoms with Gasteiger partial charge in [-0.1, -0.05) is 0 Å². The summed E-state index contributed by atoms with van der Waals surface area (Å²) in [6.45, 7) is 0. The van der Waals surface area contributed by atoms with Crippen molar-refractivity contribution in [3.05, 3.63) is 97.1 Å². The van der Waals surface area contributed by atoms with Crippen molar-refractivity contribution in [3.63, 3.8) is 0 Å². The van der Waals surface area contributed by atoms with Gasteiger partial charge in [-0.2, -0.15) is 0 Å². The van der Waals surface area contributed by atoms with Crippen LogP contribution in [0.4, 0.5) is 28.4 Å². The molecular formula is C28H28N2O3. The van der Waals surface area contributed by atoms with Crippen molar-refractivity contribution in [1.82, 2.24) is 0 Å². The van der Waals surface area contributed by atoms with E-state index in [4.69, 9.17) is 14.2 Å². The highest BCUT2D eigenvalue weighted by atomic mass is 16.5. The molecule has 0 spiro atoms. The Morgan fingerprint density at radius 3 is 0.939 bits per heavy atom. The highest BCUT2D eigenvalue weighted by molar-refractivity contribution is 5.78. The van der Waals surface area contributed by atoms with Crippen LogP contribution in [-0.4, -0.2) is 28.4 Å². The average molecular weight is 441 g/mol. The molecule has 0 saturated carbocycles. The summed E-state index contributed by atoms with van der Waals surface area (Å²) in [5.74, 6) is 2.49. The van der Waals surface area contributed by atoms with E-state index in [1.165, 1.54) is 0 Å². The highest BCUT2D eigenvalue weighted by Gasteiger charge is 2.14. The van der Waals surface area contributed by atoms with E-state index in [1.54, 1.807) is 21.3 Å². The van der Waals surface area contributed by atoms with Gasteiger partial charge in [0, 0.05) is 35.5 Å². The van der Waals surface area contributed by atoms with E-state index in [0.29, 0.717) is 0 Å². The lowest BCUT2D eigenvalue weighted by atomic mass is 10.1. The molecule has 5 heteroatoms. The van der Waals surface area contributed by atoms with Crippen LogP contribution in [-0.2, 0) is 0 Å². The number of hydrogen-bond acceptors (Lipinski definition) is 5. The van der Waals surface area contributed by atoms with Crippen molar-refractivity contribution >= 4 is 28.4 Å². The molecule has 0 amide bonds. The monoisotopic (exact) mass is 440 g/mol. The molecule has 0 N–H and O–H groups in total. The highest BCUT2D eigenvalue weighted by Crippen LogP contribution is 2.37. The molecule has 33 heavy (non-hydrogen) atoms. The zero-order chi connectivity index (χ0) is 23.2. The summed E-state index contributed by atoms with van der Waals surface area (Å²) in [6.07, 6.45) is 0. The number of anilines is 5. The Kier molecular flexibility index (Phi) is 6.69. The summed E-state index contributed by atoms with van der Waals surface area (Å²) in [6, 6.07) is 32.6. The largest absolute Gasteiger partial charge is 0.497 e. The van der Waals surface area contributed by atoms with Gasteiger partial charge in [-0.3, -0.25) is 0 Å². The fraction of sp³-hybridized carbons (Fsp3) is 0.143. The first-order valence-electron chi connectivity index (χ1n) is 10.7. The van der Waals surface area contributed by atoms with Crippen molar-refractivity contribution in [2.45, 2.75) is 0 Å². The number of nitrogens with zero attached hydrogens (tertiary/aromatic N) is 2. The van der Waals surface area contributed by atoms with Gasteiger partial charge in [0.2, 0.25) is 0 Å². The molecule has 0 aliphatic carbocycles. The average Bonchev–Trinajstić information content (AvgIpc) is 2.89. The van der Waals surface area contributed by atoms with E-state index in [9.17, 15) is 0 Å². The standard InChI is InChI=1S/C28H28N2O3/c1-29(22-9-15-26(31-2)16-10-22)21-5-7-23(8-6-21)30(24-11-17-27(32-3)18-12-24)25-13-19-28(33-4)20-14-25/h5-20H,1-4H3. The van der Waals surface area contributed by atoms with Crippen LogP contribution in [0, 0.1) is 0 Å². The quantitative estimate of drug-likeness (QED) is 0.296. The Balaban J connectivity index is 1.67. The van der Waals surface area contributed by atoms with Gasteiger partial charge in [-0.15, -0.1) is 0 Å². The summed E-state index contributed by atoms with van der Waals surface area (Å²) in [5.41, 5.74) is 5.31. The Labute approximate surface area is 195 Å². The summed E-state index contributed by atoms with van der Waals surface area (Å²) < 4.78 is 16.0. The van der Waals surface area contributed by atoms with Crippen LogP contribution in [0.5, 0.6) is 17.2 Å². The lowest BCUT2D eigenvalue weighted by molar-refractivity contribution is 0.414. The van der Waals surface area contributed by atoms with E-state index in [0.717, 1.165) is 45.7 Å². The van der Waals surface area contributed by atoms with Crippen molar-refractivity contribution in [3.8, 4) is 17.2 Å². The Hall–Kier alpha value is -4.12. The van der Waals surface area contributed by atoms with Crippen molar-refractivity contribution in [2.75, 3.05) is 38.2 Å². The van der Waals surface area contributed by atoms with E-state index < -0.39 is 0 Å². The summed E-state index contributed by atoms with van der Waals surface area (Å²) >= 11 is 0.